The minimum atomic E-state index is -0.871. The molecule has 4 nitrogen and oxygen atoms in total. The molecule has 1 aliphatic heterocycles. The molecule has 1 aliphatic rings. The van der Waals surface area contributed by atoms with Crippen molar-refractivity contribution >= 4 is 5.97 Å². The Kier molecular flexibility index (Phi) is 2.47. The van der Waals surface area contributed by atoms with Gasteiger partial charge in [0.1, 0.15) is 6.54 Å². The van der Waals surface area contributed by atoms with Gasteiger partial charge in [-0.05, 0) is 11.1 Å². The molecule has 4 heteroatoms. The standard InChI is InChI=1S/C10H11NO3/c12-10(13)6-11-5-8-3-1-2-4-9(8)7-14-11/h1-4H,5-7H2,(H,12,13). The average molecular weight is 193 g/mol. The van der Waals surface area contributed by atoms with Crippen LogP contribution in [0, 0.1) is 0 Å². The third-order valence-corrected chi connectivity index (χ3v) is 2.18. The molecule has 0 atom stereocenters. The van der Waals surface area contributed by atoms with Crippen LogP contribution in [0.1, 0.15) is 11.1 Å². The van der Waals surface area contributed by atoms with Crippen LogP contribution in [-0.4, -0.2) is 22.7 Å². The lowest BCUT2D eigenvalue weighted by Crippen LogP contribution is -2.32. The van der Waals surface area contributed by atoms with Crippen LogP contribution >= 0.6 is 0 Å². The summed E-state index contributed by atoms with van der Waals surface area (Å²) in [6.45, 7) is 0.931. The van der Waals surface area contributed by atoms with Crippen molar-refractivity contribution in [3.05, 3.63) is 35.4 Å². The fraction of sp³-hybridized carbons (Fsp3) is 0.300. The molecule has 0 fully saturated rings. The topological polar surface area (TPSA) is 49.8 Å². The number of rotatable bonds is 2. The second-order valence-corrected chi connectivity index (χ2v) is 3.23. The van der Waals surface area contributed by atoms with Crippen LogP contribution in [0.4, 0.5) is 0 Å². The third kappa shape index (κ3) is 1.92. The van der Waals surface area contributed by atoms with E-state index in [2.05, 4.69) is 0 Å². The summed E-state index contributed by atoms with van der Waals surface area (Å²) in [7, 11) is 0. The second kappa shape index (κ2) is 3.77. The number of carbonyl (C=O) groups is 1. The summed E-state index contributed by atoms with van der Waals surface area (Å²) in [5, 5.41) is 10.1. The highest BCUT2D eigenvalue weighted by Crippen LogP contribution is 2.18. The molecule has 0 unspecified atom stereocenters. The first-order valence-electron chi connectivity index (χ1n) is 4.42. The molecule has 1 heterocycles. The SMILES string of the molecule is O=C(O)CN1Cc2ccccc2CO1. The molecular formula is C10H11NO3. The summed E-state index contributed by atoms with van der Waals surface area (Å²) in [4.78, 5) is 15.7. The van der Waals surface area contributed by atoms with E-state index in [0.29, 0.717) is 13.2 Å². The van der Waals surface area contributed by atoms with Gasteiger partial charge in [-0.3, -0.25) is 9.63 Å². The number of carboxylic acid groups (broad SMARTS) is 1. The van der Waals surface area contributed by atoms with E-state index in [9.17, 15) is 4.79 Å². The van der Waals surface area contributed by atoms with Gasteiger partial charge in [0.25, 0.3) is 0 Å². The van der Waals surface area contributed by atoms with Crippen molar-refractivity contribution in [2.45, 2.75) is 13.2 Å². The van der Waals surface area contributed by atoms with Crippen LogP contribution in [0.2, 0.25) is 0 Å². The van der Waals surface area contributed by atoms with E-state index < -0.39 is 5.97 Å². The monoisotopic (exact) mass is 193 g/mol. The van der Waals surface area contributed by atoms with Gasteiger partial charge in [0.05, 0.1) is 13.2 Å². The normalized spacial score (nSPS) is 16.3. The third-order valence-electron chi connectivity index (χ3n) is 2.18. The van der Waals surface area contributed by atoms with E-state index in [1.54, 1.807) is 0 Å². The Morgan fingerprint density at radius 1 is 1.43 bits per heavy atom. The van der Waals surface area contributed by atoms with Crippen molar-refractivity contribution in [2.24, 2.45) is 0 Å². The largest absolute Gasteiger partial charge is 0.480 e. The second-order valence-electron chi connectivity index (χ2n) is 3.23. The van der Waals surface area contributed by atoms with E-state index in [4.69, 9.17) is 9.94 Å². The Balaban J connectivity index is 2.09. The van der Waals surface area contributed by atoms with Crippen molar-refractivity contribution in [3.8, 4) is 0 Å². The summed E-state index contributed by atoms with van der Waals surface area (Å²) >= 11 is 0. The summed E-state index contributed by atoms with van der Waals surface area (Å²) < 4.78 is 0. The predicted octanol–water partition coefficient (Wildman–Crippen LogP) is 1.02. The molecule has 14 heavy (non-hydrogen) atoms. The molecule has 0 saturated heterocycles. The van der Waals surface area contributed by atoms with Crippen molar-refractivity contribution in [2.75, 3.05) is 6.54 Å². The van der Waals surface area contributed by atoms with Crippen molar-refractivity contribution in [3.63, 3.8) is 0 Å². The van der Waals surface area contributed by atoms with Gasteiger partial charge in [-0.25, -0.2) is 0 Å². The first-order chi connectivity index (χ1) is 6.75. The number of aliphatic carboxylic acids is 1. The van der Waals surface area contributed by atoms with Crippen LogP contribution < -0.4 is 0 Å². The molecule has 0 saturated carbocycles. The fourth-order valence-corrected chi connectivity index (χ4v) is 1.50. The molecule has 0 radical (unpaired) electrons. The van der Waals surface area contributed by atoms with Gasteiger partial charge in [0.15, 0.2) is 0 Å². The number of carboxylic acids is 1. The van der Waals surface area contributed by atoms with E-state index in [1.165, 1.54) is 5.06 Å². The van der Waals surface area contributed by atoms with Crippen molar-refractivity contribution in [1.82, 2.24) is 5.06 Å². The van der Waals surface area contributed by atoms with Crippen LogP contribution in [-0.2, 0) is 22.8 Å². The molecule has 1 aromatic carbocycles. The molecule has 1 N–H and O–H groups in total. The van der Waals surface area contributed by atoms with E-state index >= 15 is 0 Å². The molecule has 0 spiro atoms. The zero-order valence-electron chi connectivity index (χ0n) is 7.64. The van der Waals surface area contributed by atoms with E-state index in [-0.39, 0.29) is 6.54 Å². The van der Waals surface area contributed by atoms with Gasteiger partial charge in [0, 0.05) is 0 Å². The number of fused-ring (bicyclic) bond motifs is 1. The van der Waals surface area contributed by atoms with E-state index in [0.717, 1.165) is 11.1 Å². The zero-order valence-corrected chi connectivity index (χ0v) is 7.64. The number of nitrogens with zero attached hydrogens (tertiary/aromatic N) is 1. The van der Waals surface area contributed by atoms with E-state index in [1.807, 2.05) is 24.3 Å². The quantitative estimate of drug-likeness (QED) is 0.761. The van der Waals surface area contributed by atoms with Gasteiger partial charge >= 0.3 is 5.97 Å². The summed E-state index contributed by atoms with van der Waals surface area (Å²) in [6, 6.07) is 7.89. The highest BCUT2D eigenvalue weighted by atomic mass is 16.7. The molecule has 2 rings (SSSR count). The Morgan fingerprint density at radius 3 is 2.86 bits per heavy atom. The lowest BCUT2D eigenvalue weighted by Gasteiger charge is -2.26. The maximum absolute atomic E-state index is 10.5. The number of hydroxylamine groups is 2. The summed E-state index contributed by atoms with van der Waals surface area (Å²) in [5.74, 6) is -0.871. The molecule has 0 amide bonds. The predicted molar refractivity (Wildman–Crippen MR) is 49.3 cm³/mol. The first-order valence-corrected chi connectivity index (χ1v) is 4.42. The molecular weight excluding hydrogens is 182 g/mol. The van der Waals surface area contributed by atoms with Gasteiger partial charge in [0.2, 0.25) is 0 Å². The Morgan fingerprint density at radius 2 is 2.14 bits per heavy atom. The fourth-order valence-electron chi connectivity index (χ4n) is 1.50. The highest BCUT2D eigenvalue weighted by molar-refractivity contribution is 5.68. The maximum Gasteiger partial charge on any atom is 0.320 e. The minimum absolute atomic E-state index is 0.0751. The van der Waals surface area contributed by atoms with Gasteiger partial charge in [-0.15, -0.1) is 0 Å². The minimum Gasteiger partial charge on any atom is -0.480 e. The van der Waals surface area contributed by atoms with Crippen LogP contribution in [0.5, 0.6) is 0 Å². The van der Waals surface area contributed by atoms with Gasteiger partial charge < -0.3 is 5.11 Å². The molecule has 0 aliphatic carbocycles. The lowest BCUT2D eigenvalue weighted by molar-refractivity contribution is -0.195. The van der Waals surface area contributed by atoms with Crippen LogP contribution in [0.25, 0.3) is 0 Å². The Labute approximate surface area is 81.7 Å². The molecule has 0 bridgehead atoms. The first kappa shape index (κ1) is 9.18. The summed E-state index contributed by atoms with van der Waals surface area (Å²) in [5.41, 5.74) is 2.27. The molecule has 1 aromatic rings. The average Bonchev–Trinajstić information content (AvgIpc) is 2.17. The van der Waals surface area contributed by atoms with Gasteiger partial charge in [-0.1, -0.05) is 24.3 Å². The summed E-state index contributed by atoms with van der Waals surface area (Å²) in [6.07, 6.45) is 0. The van der Waals surface area contributed by atoms with Crippen molar-refractivity contribution in [1.29, 1.82) is 0 Å². The van der Waals surface area contributed by atoms with Crippen LogP contribution in [0.15, 0.2) is 24.3 Å². The Bertz CT molecular complexity index is 351. The smallest absolute Gasteiger partial charge is 0.320 e. The molecule has 0 aromatic heterocycles. The number of hydrogen-bond acceptors (Lipinski definition) is 3. The van der Waals surface area contributed by atoms with Gasteiger partial charge in [-0.2, -0.15) is 5.06 Å². The maximum atomic E-state index is 10.5. The Hall–Kier alpha value is -1.39. The highest BCUT2D eigenvalue weighted by Gasteiger charge is 2.18. The number of benzene rings is 1. The molecule has 74 valence electrons. The number of hydrogen-bond donors (Lipinski definition) is 1. The lowest BCUT2D eigenvalue weighted by atomic mass is 10.1. The van der Waals surface area contributed by atoms with Crippen molar-refractivity contribution < 1.29 is 14.7 Å². The van der Waals surface area contributed by atoms with Crippen LogP contribution in [0.3, 0.4) is 0 Å². The zero-order chi connectivity index (χ0) is 9.97.